The van der Waals surface area contributed by atoms with E-state index < -0.39 is 15.1 Å². The van der Waals surface area contributed by atoms with Crippen molar-refractivity contribution in [1.29, 1.82) is 0 Å². The highest BCUT2D eigenvalue weighted by Crippen LogP contribution is 2.60. The Labute approximate surface area is 148 Å². The van der Waals surface area contributed by atoms with Crippen molar-refractivity contribution >= 4 is 25.7 Å². The van der Waals surface area contributed by atoms with Gasteiger partial charge in [-0.2, -0.15) is 0 Å². The first-order valence-electron chi connectivity index (χ1n) is 9.10. The number of nitrogens with zero attached hydrogens (tertiary/aromatic N) is 1. The molecule has 3 rings (SSSR count). The zero-order valence-corrected chi connectivity index (χ0v) is 17.3. The molecule has 0 saturated heterocycles. The zero-order chi connectivity index (χ0) is 17.2. The lowest BCUT2D eigenvalue weighted by molar-refractivity contribution is 0.840. The minimum absolute atomic E-state index is 0.712. The molecular weight excluding hydrogens is 325 g/mol. The van der Waals surface area contributed by atoms with Crippen LogP contribution in [0, 0.1) is 0 Å². The minimum atomic E-state index is -1.69. The average molecular weight is 356 g/mol. The molecule has 24 heavy (non-hydrogen) atoms. The van der Waals surface area contributed by atoms with Crippen LogP contribution in [0.25, 0.3) is 0 Å². The van der Waals surface area contributed by atoms with E-state index in [4.69, 9.17) is 4.74 Å². The van der Waals surface area contributed by atoms with Gasteiger partial charge in [-0.05, 0) is 29.0 Å². The summed E-state index contributed by atoms with van der Waals surface area (Å²) in [5, 5.41) is 2.92. The van der Waals surface area contributed by atoms with Gasteiger partial charge in [-0.15, -0.1) is 0 Å². The molecule has 2 atom stereocenters. The van der Waals surface area contributed by atoms with Crippen LogP contribution in [0.1, 0.15) is 19.3 Å². The molecule has 0 aliphatic heterocycles. The molecule has 1 fully saturated rings. The molecule has 0 spiro atoms. The van der Waals surface area contributed by atoms with Crippen molar-refractivity contribution in [2.45, 2.75) is 50.1 Å². The number of benzene rings is 2. The van der Waals surface area contributed by atoms with Crippen LogP contribution in [-0.2, 0) is 0 Å². The standard InChI is InChI=1S/C21H30NPSi/c1-22-23(18-11-7-5-8-12-18,19-13-9-6-10-14-19)20-15-16-21(17-20)24(2,3)4/h5-14,20-21H,15-17H2,1-4H3. The Morgan fingerprint density at radius 2 is 1.33 bits per heavy atom. The quantitative estimate of drug-likeness (QED) is 0.490. The Bertz CT molecular complexity index is 675. The molecule has 1 saturated carbocycles. The summed E-state index contributed by atoms with van der Waals surface area (Å²) in [6, 6.07) is 22.2. The third-order valence-corrected chi connectivity index (χ3v) is 13.1. The predicted molar refractivity (Wildman–Crippen MR) is 112 cm³/mol. The predicted octanol–water partition coefficient (Wildman–Crippen LogP) is 5.73. The van der Waals surface area contributed by atoms with Gasteiger partial charge in [0.1, 0.15) is 0 Å². The van der Waals surface area contributed by atoms with E-state index >= 15 is 0 Å². The van der Waals surface area contributed by atoms with E-state index in [-0.39, 0.29) is 0 Å². The highest BCUT2D eigenvalue weighted by atomic mass is 31.2. The fourth-order valence-corrected chi connectivity index (χ4v) is 10.8. The lowest BCUT2D eigenvalue weighted by atomic mass is 10.3. The molecule has 1 nitrogen and oxygen atoms in total. The lowest BCUT2D eigenvalue weighted by Crippen LogP contribution is -2.28. The van der Waals surface area contributed by atoms with Gasteiger partial charge < -0.3 is 0 Å². The molecule has 0 bridgehead atoms. The lowest BCUT2D eigenvalue weighted by Gasteiger charge is -2.33. The Morgan fingerprint density at radius 1 is 0.833 bits per heavy atom. The van der Waals surface area contributed by atoms with Crippen LogP contribution in [-0.4, -0.2) is 20.8 Å². The van der Waals surface area contributed by atoms with Gasteiger partial charge in [0.05, 0.1) is 0 Å². The Morgan fingerprint density at radius 3 is 1.71 bits per heavy atom. The van der Waals surface area contributed by atoms with Crippen LogP contribution >= 0.6 is 7.05 Å². The van der Waals surface area contributed by atoms with Gasteiger partial charge in [0, 0.05) is 27.8 Å². The van der Waals surface area contributed by atoms with E-state index in [1.165, 1.54) is 29.9 Å². The molecule has 0 amide bonds. The molecule has 0 N–H and O–H groups in total. The molecule has 3 heteroatoms. The van der Waals surface area contributed by atoms with Crippen molar-refractivity contribution in [3.05, 3.63) is 60.7 Å². The van der Waals surface area contributed by atoms with Crippen LogP contribution in [0.3, 0.4) is 0 Å². The largest absolute Gasteiger partial charge is 0.297 e. The van der Waals surface area contributed by atoms with Crippen molar-refractivity contribution in [2.24, 2.45) is 4.74 Å². The van der Waals surface area contributed by atoms with E-state index in [0.717, 1.165) is 5.54 Å². The van der Waals surface area contributed by atoms with Crippen molar-refractivity contribution in [3.8, 4) is 0 Å². The summed E-state index contributed by atoms with van der Waals surface area (Å²) >= 11 is 0. The van der Waals surface area contributed by atoms with Crippen LogP contribution in [0.4, 0.5) is 0 Å². The second-order valence-electron chi connectivity index (χ2n) is 8.09. The van der Waals surface area contributed by atoms with Crippen LogP contribution in [0.5, 0.6) is 0 Å². The van der Waals surface area contributed by atoms with Crippen LogP contribution in [0.15, 0.2) is 65.4 Å². The zero-order valence-electron chi connectivity index (χ0n) is 15.4. The van der Waals surface area contributed by atoms with Gasteiger partial charge in [0.25, 0.3) is 0 Å². The van der Waals surface area contributed by atoms with Gasteiger partial charge in [-0.1, -0.05) is 86.7 Å². The number of hydrogen-bond donors (Lipinski definition) is 0. The molecule has 0 aromatic heterocycles. The van der Waals surface area contributed by atoms with Crippen LogP contribution < -0.4 is 10.6 Å². The fourth-order valence-electron chi connectivity index (χ4n) is 4.36. The summed E-state index contributed by atoms with van der Waals surface area (Å²) in [6.07, 6.45) is 4.10. The second kappa shape index (κ2) is 7.02. The average Bonchev–Trinajstić information content (AvgIpc) is 3.09. The first-order chi connectivity index (χ1) is 11.5. The Hall–Kier alpha value is -1.11. The highest BCUT2D eigenvalue weighted by Gasteiger charge is 2.42. The normalized spacial score (nSPS) is 21.7. The van der Waals surface area contributed by atoms with Gasteiger partial charge in [0.2, 0.25) is 0 Å². The topological polar surface area (TPSA) is 12.4 Å². The number of hydrogen-bond acceptors (Lipinski definition) is 1. The maximum absolute atomic E-state index is 5.19. The number of rotatable bonds is 4. The van der Waals surface area contributed by atoms with Gasteiger partial charge >= 0.3 is 0 Å². The molecule has 1 aliphatic rings. The maximum atomic E-state index is 5.19. The summed E-state index contributed by atoms with van der Waals surface area (Å²) in [4.78, 5) is 0. The summed E-state index contributed by atoms with van der Waals surface area (Å²) < 4.78 is 5.19. The summed E-state index contributed by atoms with van der Waals surface area (Å²) in [5.74, 6) is 0. The van der Waals surface area contributed by atoms with E-state index in [1.54, 1.807) is 0 Å². The monoisotopic (exact) mass is 355 g/mol. The van der Waals surface area contributed by atoms with E-state index in [0.29, 0.717) is 5.66 Å². The van der Waals surface area contributed by atoms with E-state index in [1.807, 2.05) is 0 Å². The SMILES string of the molecule is CN=P(c1ccccc1)(c1ccccc1)C1CCC([Si](C)(C)C)C1. The van der Waals surface area contributed by atoms with Gasteiger partial charge in [0.15, 0.2) is 0 Å². The molecule has 0 heterocycles. The fraction of sp³-hybridized carbons (Fsp3) is 0.429. The second-order valence-corrected chi connectivity index (χ2v) is 17.2. The third-order valence-electron chi connectivity index (χ3n) is 5.77. The highest BCUT2D eigenvalue weighted by molar-refractivity contribution is 7.81. The first-order valence-corrected chi connectivity index (χ1v) is 14.5. The van der Waals surface area contributed by atoms with Crippen molar-refractivity contribution in [1.82, 2.24) is 0 Å². The first kappa shape index (κ1) is 17.7. The summed E-state index contributed by atoms with van der Waals surface area (Å²) in [5.41, 5.74) is 1.65. The molecule has 2 unspecified atom stereocenters. The molecule has 2 aromatic carbocycles. The molecule has 2 aromatic rings. The van der Waals surface area contributed by atoms with Crippen LogP contribution in [0.2, 0.25) is 25.2 Å². The van der Waals surface area contributed by atoms with Crippen molar-refractivity contribution in [2.75, 3.05) is 7.05 Å². The molecular formula is C21H30NPSi. The third kappa shape index (κ3) is 3.19. The Balaban J connectivity index is 2.11. The molecule has 128 valence electrons. The van der Waals surface area contributed by atoms with E-state index in [9.17, 15) is 0 Å². The summed E-state index contributed by atoms with van der Waals surface area (Å²) in [7, 11) is -0.707. The summed E-state index contributed by atoms with van der Waals surface area (Å²) in [6.45, 7) is 7.61. The molecule has 1 aliphatic carbocycles. The van der Waals surface area contributed by atoms with Gasteiger partial charge in [-0.3, -0.25) is 4.74 Å². The van der Waals surface area contributed by atoms with Crippen molar-refractivity contribution < 1.29 is 0 Å². The molecule has 0 radical (unpaired) electrons. The smallest absolute Gasteiger partial charge is 0.0474 e. The van der Waals surface area contributed by atoms with Gasteiger partial charge in [-0.25, -0.2) is 0 Å². The minimum Gasteiger partial charge on any atom is -0.297 e. The van der Waals surface area contributed by atoms with E-state index in [2.05, 4.69) is 87.4 Å². The Kier molecular flexibility index (Phi) is 5.18. The van der Waals surface area contributed by atoms with Crippen molar-refractivity contribution in [3.63, 3.8) is 0 Å². The maximum Gasteiger partial charge on any atom is 0.0474 e.